The Kier molecular flexibility index (Phi) is 4.19. The molecule has 0 amide bonds. The van der Waals surface area contributed by atoms with Crippen LogP contribution in [0.5, 0.6) is 0 Å². The van der Waals surface area contributed by atoms with Gasteiger partial charge in [0.2, 0.25) is 0 Å². The lowest BCUT2D eigenvalue weighted by Crippen LogP contribution is -2.02. The monoisotopic (exact) mass is 198 g/mol. The van der Waals surface area contributed by atoms with Crippen LogP contribution in [0.2, 0.25) is 0 Å². The maximum atomic E-state index is 10.8. The zero-order valence-electron chi connectivity index (χ0n) is 8.10. The average Bonchev–Trinajstić information content (AvgIpc) is 2.70. The highest BCUT2D eigenvalue weighted by Gasteiger charge is 2.10. The minimum absolute atomic E-state index is 0.253. The van der Waals surface area contributed by atoms with Crippen molar-refractivity contribution in [2.24, 2.45) is 0 Å². The second-order valence-electron chi connectivity index (χ2n) is 3.00. The van der Waals surface area contributed by atoms with Gasteiger partial charge in [0.25, 0.3) is 0 Å². The Labute approximate surface area is 82.5 Å². The summed E-state index contributed by atoms with van der Waals surface area (Å²) in [5.41, 5.74) is 0. The largest absolute Gasteiger partial charge is 0.469 e. The number of hydrogen-bond donors (Lipinski definition) is 1. The van der Waals surface area contributed by atoms with E-state index in [9.17, 15) is 9.90 Å². The smallest absolute Gasteiger partial charge is 0.305 e. The van der Waals surface area contributed by atoms with Gasteiger partial charge in [-0.1, -0.05) is 0 Å². The molecule has 1 atom stereocenters. The Balaban J connectivity index is 2.22. The van der Waals surface area contributed by atoms with Crippen LogP contribution in [-0.2, 0) is 9.53 Å². The van der Waals surface area contributed by atoms with E-state index in [-0.39, 0.29) is 5.97 Å². The van der Waals surface area contributed by atoms with E-state index >= 15 is 0 Å². The van der Waals surface area contributed by atoms with Crippen LogP contribution >= 0.6 is 0 Å². The van der Waals surface area contributed by atoms with Crippen molar-refractivity contribution in [3.8, 4) is 0 Å². The van der Waals surface area contributed by atoms with E-state index in [1.54, 1.807) is 12.1 Å². The summed E-state index contributed by atoms with van der Waals surface area (Å²) in [5, 5.41) is 9.55. The van der Waals surface area contributed by atoms with Gasteiger partial charge in [0, 0.05) is 6.42 Å². The first-order valence-corrected chi connectivity index (χ1v) is 4.52. The quantitative estimate of drug-likeness (QED) is 0.731. The van der Waals surface area contributed by atoms with Crippen LogP contribution in [0.15, 0.2) is 22.8 Å². The molecule has 0 aromatic carbocycles. The van der Waals surface area contributed by atoms with Crippen molar-refractivity contribution in [2.45, 2.75) is 25.4 Å². The second-order valence-corrected chi connectivity index (χ2v) is 3.00. The van der Waals surface area contributed by atoms with Crippen LogP contribution in [0, 0.1) is 0 Å². The number of aliphatic hydroxyl groups is 1. The van der Waals surface area contributed by atoms with Gasteiger partial charge in [-0.25, -0.2) is 0 Å². The van der Waals surface area contributed by atoms with Crippen molar-refractivity contribution >= 4 is 5.97 Å². The van der Waals surface area contributed by atoms with Gasteiger partial charge in [0.1, 0.15) is 11.9 Å². The van der Waals surface area contributed by atoms with E-state index in [4.69, 9.17) is 4.42 Å². The lowest BCUT2D eigenvalue weighted by molar-refractivity contribution is -0.140. The molecule has 0 radical (unpaired) electrons. The number of methoxy groups -OCH3 is 1. The van der Waals surface area contributed by atoms with Gasteiger partial charge in [-0.2, -0.15) is 0 Å². The Bertz CT molecular complexity index is 266. The van der Waals surface area contributed by atoms with E-state index in [0.717, 1.165) is 0 Å². The molecule has 1 unspecified atom stereocenters. The van der Waals surface area contributed by atoms with Gasteiger partial charge in [-0.3, -0.25) is 4.79 Å². The minimum atomic E-state index is -0.630. The van der Waals surface area contributed by atoms with Crippen LogP contribution < -0.4 is 0 Å². The molecule has 4 heteroatoms. The third-order valence-corrected chi connectivity index (χ3v) is 1.96. The Morgan fingerprint density at radius 1 is 1.71 bits per heavy atom. The van der Waals surface area contributed by atoms with Crippen LogP contribution in [0.25, 0.3) is 0 Å². The first kappa shape index (κ1) is 10.8. The molecule has 1 heterocycles. The SMILES string of the molecule is COC(=O)CCCC(O)c1ccco1. The summed E-state index contributed by atoms with van der Waals surface area (Å²) in [6.45, 7) is 0. The van der Waals surface area contributed by atoms with Crippen molar-refractivity contribution in [1.82, 2.24) is 0 Å². The van der Waals surface area contributed by atoms with E-state index in [0.29, 0.717) is 25.0 Å². The molecule has 0 spiro atoms. The van der Waals surface area contributed by atoms with Crippen molar-refractivity contribution in [2.75, 3.05) is 7.11 Å². The molecule has 1 aromatic heterocycles. The average molecular weight is 198 g/mol. The van der Waals surface area contributed by atoms with Gasteiger partial charge < -0.3 is 14.3 Å². The molecule has 0 saturated heterocycles. The molecule has 0 aliphatic rings. The molecule has 0 fully saturated rings. The molecule has 1 rings (SSSR count). The van der Waals surface area contributed by atoms with Crippen LogP contribution in [0.4, 0.5) is 0 Å². The van der Waals surface area contributed by atoms with E-state index in [1.165, 1.54) is 13.4 Å². The Morgan fingerprint density at radius 3 is 3.07 bits per heavy atom. The fourth-order valence-electron chi connectivity index (χ4n) is 1.16. The summed E-state index contributed by atoms with van der Waals surface area (Å²) in [5.74, 6) is 0.284. The molecular weight excluding hydrogens is 184 g/mol. The van der Waals surface area contributed by atoms with Crippen molar-refractivity contribution in [3.05, 3.63) is 24.2 Å². The van der Waals surface area contributed by atoms with Crippen LogP contribution in [0.3, 0.4) is 0 Å². The molecule has 1 N–H and O–H groups in total. The van der Waals surface area contributed by atoms with Gasteiger partial charge in [0.15, 0.2) is 0 Å². The van der Waals surface area contributed by atoms with Crippen LogP contribution in [0.1, 0.15) is 31.1 Å². The van der Waals surface area contributed by atoms with E-state index in [1.807, 2.05) is 0 Å². The first-order chi connectivity index (χ1) is 6.74. The number of esters is 1. The molecule has 0 aliphatic carbocycles. The summed E-state index contributed by atoms with van der Waals surface area (Å²) >= 11 is 0. The number of ether oxygens (including phenoxy) is 1. The number of furan rings is 1. The summed E-state index contributed by atoms with van der Waals surface area (Å²) < 4.78 is 9.49. The van der Waals surface area contributed by atoms with Crippen molar-refractivity contribution < 1.29 is 19.1 Å². The summed E-state index contributed by atoms with van der Waals surface area (Å²) in [7, 11) is 1.35. The summed E-state index contributed by atoms with van der Waals surface area (Å²) in [4.78, 5) is 10.8. The second kappa shape index (κ2) is 5.44. The standard InChI is InChI=1S/C10H14O4/c1-13-10(12)6-2-4-8(11)9-5-3-7-14-9/h3,5,7-8,11H,2,4,6H2,1H3. The number of carbonyl (C=O) groups excluding carboxylic acids is 1. The summed E-state index contributed by atoms with van der Waals surface area (Å²) in [6, 6.07) is 3.43. The number of hydrogen-bond acceptors (Lipinski definition) is 4. The van der Waals surface area contributed by atoms with Gasteiger partial charge in [-0.15, -0.1) is 0 Å². The minimum Gasteiger partial charge on any atom is -0.469 e. The number of aliphatic hydroxyl groups excluding tert-OH is 1. The van der Waals surface area contributed by atoms with Gasteiger partial charge in [0.05, 0.1) is 13.4 Å². The highest BCUT2D eigenvalue weighted by Crippen LogP contribution is 2.19. The predicted octanol–water partition coefficient (Wildman–Crippen LogP) is 1.66. The Hall–Kier alpha value is -1.29. The number of rotatable bonds is 5. The summed E-state index contributed by atoms with van der Waals surface area (Å²) in [6.07, 6.45) is 2.30. The molecular formula is C10H14O4. The highest BCUT2D eigenvalue weighted by atomic mass is 16.5. The van der Waals surface area contributed by atoms with E-state index < -0.39 is 6.10 Å². The lowest BCUT2D eigenvalue weighted by Gasteiger charge is -2.06. The third kappa shape index (κ3) is 3.22. The third-order valence-electron chi connectivity index (χ3n) is 1.96. The van der Waals surface area contributed by atoms with Crippen molar-refractivity contribution in [3.63, 3.8) is 0 Å². The molecule has 14 heavy (non-hydrogen) atoms. The lowest BCUT2D eigenvalue weighted by atomic mass is 10.1. The molecule has 0 bridgehead atoms. The normalized spacial score (nSPS) is 12.4. The molecule has 0 saturated carbocycles. The Morgan fingerprint density at radius 2 is 2.50 bits per heavy atom. The van der Waals surface area contributed by atoms with Crippen molar-refractivity contribution in [1.29, 1.82) is 0 Å². The number of carbonyl (C=O) groups is 1. The fourth-order valence-corrected chi connectivity index (χ4v) is 1.16. The molecule has 78 valence electrons. The zero-order valence-corrected chi connectivity index (χ0v) is 8.10. The zero-order chi connectivity index (χ0) is 10.4. The maximum absolute atomic E-state index is 10.8. The van der Waals surface area contributed by atoms with Gasteiger partial charge >= 0.3 is 5.97 Å². The molecule has 1 aromatic rings. The molecule has 4 nitrogen and oxygen atoms in total. The maximum Gasteiger partial charge on any atom is 0.305 e. The first-order valence-electron chi connectivity index (χ1n) is 4.52. The molecule has 0 aliphatic heterocycles. The predicted molar refractivity (Wildman–Crippen MR) is 49.5 cm³/mol. The van der Waals surface area contributed by atoms with Crippen LogP contribution in [-0.4, -0.2) is 18.2 Å². The fraction of sp³-hybridized carbons (Fsp3) is 0.500. The van der Waals surface area contributed by atoms with Gasteiger partial charge in [-0.05, 0) is 25.0 Å². The highest BCUT2D eigenvalue weighted by molar-refractivity contribution is 5.68. The van der Waals surface area contributed by atoms with E-state index in [2.05, 4.69) is 4.74 Å². The topological polar surface area (TPSA) is 59.7 Å².